The maximum Gasteiger partial charge on any atom is 0.497 e. The van der Waals surface area contributed by atoms with E-state index in [-0.39, 0.29) is 5.46 Å². The number of pyridine rings is 1. The van der Waals surface area contributed by atoms with E-state index in [1.165, 1.54) is 12.3 Å². The van der Waals surface area contributed by atoms with Crippen LogP contribution in [0.15, 0.2) is 16.7 Å². The molecule has 0 bridgehead atoms. The Labute approximate surface area is 114 Å². The van der Waals surface area contributed by atoms with Crippen molar-refractivity contribution >= 4 is 28.5 Å². The predicted octanol–water partition coefficient (Wildman–Crippen LogP) is 1.24. The first-order valence-corrected chi connectivity index (χ1v) is 6.24. The summed E-state index contributed by atoms with van der Waals surface area (Å²) in [6.07, 6.45) is 1.27. The monoisotopic (exact) mass is 319 g/mol. The van der Waals surface area contributed by atoms with E-state index in [9.17, 15) is 14.5 Å². The zero-order valence-corrected chi connectivity index (χ0v) is 12.3. The molecule has 0 fully saturated rings. The molecule has 0 saturated heterocycles. The fraction of sp³-hybridized carbons (Fsp3) is 0.545. The van der Waals surface area contributed by atoms with Crippen LogP contribution in [0.4, 0.5) is 4.39 Å². The van der Waals surface area contributed by atoms with E-state index in [1.807, 2.05) is 0 Å². The van der Waals surface area contributed by atoms with Gasteiger partial charge in [-0.3, -0.25) is 0 Å². The van der Waals surface area contributed by atoms with E-state index in [0.29, 0.717) is 4.47 Å². The normalized spacial score (nSPS) is 12.7. The molecule has 7 heteroatoms. The van der Waals surface area contributed by atoms with Gasteiger partial charge in [-0.05, 0) is 33.8 Å². The smallest absolute Gasteiger partial charge is 0.423 e. The van der Waals surface area contributed by atoms with Gasteiger partial charge in [-0.2, -0.15) is 4.39 Å². The van der Waals surface area contributed by atoms with Crippen molar-refractivity contribution in [1.82, 2.24) is 4.98 Å². The second-order valence-corrected chi connectivity index (χ2v) is 5.89. The Morgan fingerprint density at radius 2 is 1.94 bits per heavy atom. The molecule has 1 rings (SSSR count). The van der Waals surface area contributed by atoms with Crippen LogP contribution in [0.2, 0.25) is 0 Å². The van der Waals surface area contributed by atoms with E-state index < -0.39 is 24.3 Å². The van der Waals surface area contributed by atoms with Gasteiger partial charge in [0.05, 0.1) is 16.7 Å². The third-order valence-corrected chi connectivity index (χ3v) is 3.71. The molecule has 18 heavy (non-hydrogen) atoms. The summed E-state index contributed by atoms with van der Waals surface area (Å²) in [7, 11) is -1.52. The SMILES string of the molecule is CC(C)(O)C(C)(C)OB(O)c1c(Br)ccnc1F. The van der Waals surface area contributed by atoms with E-state index in [1.54, 1.807) is 27.7 Å². The molecule has 2 N–H and O–H groups in total. The Hall–Kier alpha value is -0.495. The summed E-state index contributed by atoms with van der Waals surface area (Å²) in [4.78, 5) is 3.45. The van der Waals surface area contributed by atoms with Crippen molar-refractivity contribution in [2.45, 2.75) is 38.9 Å². The van der Waals surface area contributed by atoms with Crippen LogP contribution in [0, 0.1) is 5.95 Å². The molecule has 0 saturated carbocycles. The number of rotatable bonds is 4. The van der Waals surface area contributed by atoms with Gasteiger partial charge in [-0.15, -0.1) is 0 Å². The van der Waals surface area contributed by atoms with Crippen LogP contribution in [0.1, 0.15) is 27.7 Å². The van der Waals surface area contributed by atoms with Crippen molar-refractivity contribution in [3.05, 3.63) is 22.7 Å². The molecule has 1 heterocycles. The van der Waals surface area contributed by atoms with Gasteiger partial charge in [0.2, 0.25) is 5.95 Å². The molecule has 0 radical (unpaired) electrons. The summed E-state index contributed by atoms with van der Waals surface area (Å²) in [5.41, 5.74) is -2.34. The number of nitrogens with zero attached hydrogens (tertiary/aromatic N) is 1. The van der Waals surface area contributed by atoms with Crippen LogP contribution in [0.5, 0.6) is 0 Å². The van der Waals surface area contributed by atoms with Gasteiger partial charge < -0.3 is 14.8 Å². The van der Waals surface area contributed by atoms with Crippen LogP contribution < -0.4 is 5.46 Å². The van der Waals surface area contributed by atoms with E-state index in [4.69, 9.17) is 4.65 Å². The molecule has 0 aliphatic carbocycles. The van der Waals surface area contributed by atoms with Crippen LogP contribution in [-0.4, -0.2) is 33.4 Å². The first-order chi connectivity index (χ1) is 8.06. The average Bonchev–Trinajstić information content (AvgIpc) is 2.14. The molecule has 0 aliphatic rings. The third-order valence-electron chi connectivity index (χ3n) is 3.01. The van der Waals surface area contributed by atoms with Crippen molar-refractivity contribution in [1.29, 1.82) is 0 Å². The molecule has 1 aromatic heterocycles. The van der Waals surface area contributed by atoms with Crippen molar-refractivity contribution in [3.8, 4) is 0 Å². The second kappa shape index (κ2) is 5.24. The number of halogens is 2. The Morgan fingerprint density at radius 3 is 2.39 bits per heavy atom. The highest BCUT2D eigenvalue weighted by molar-refractivity contribution is 9.10. The topological polar surface area (TPSA) is 62.6 Å². The molecule has 0 aliphatic heterocycles. The van der Waals surface area contributed by atoms with Crippen LogP contribution in [-0.2, 0) is 4.65 Å². The maximum absolute atomic E-state index is 13.5. The summed E-state index contributed by atoms with van der Waals surface area (Å²) in [6.45, 7) is 6.32. The molecule has 0 unspecified atom stereocenters. The first kappa shape index (κ1) is 15.6. The maximum atomic E-state index is 13.5. The Bertz CT molecular complexity index is 417. The number of aromatic nitrogens is 1. The largest absolute Gasteiger partial charge is 0.497 e. The molecule has 0 aromatic carbocycles. The quantitative estimate of drug-likeness (QED) is 0.647. The fourth-order valence-corrected chi connectivity index (χ4v) is 1.61. The predicted molar refractivity (Wildman–Crippen MR) is 71.0 cm³/mol. The minimum Gasteiger partial charge on any atom is -0.423 e. The third kappa shape index (κ3) is 3.29. The van der Waals surface area contributed by atoms with Crippen molar-refractivity contribution in [2.75, 3.05) is 0 Å². The average molecular weight is 320 g/mol. The standard InChI is InChI=1S/C11H16BBrFNO3/c1-10(2,16)11(3,4)18-12(17)8-7(13)5-6-15-9(8)14/h5-6,16-17H,1-4H3. The zero-order valence-electron chi connectivity index (χ0n) is 10.7. The number of aliphatic hydroxyl groups is 1. The second-order valence-electron chi connectivity index (χ2n) is 5.04. The minimum absolute atomic E-state index is 0.0881. The molecule has 0 atom stereocenters. The first-order valence-electron chi connectivity index (χ1n) is 5.44. The fourth-order valence-electron chi connectivity index (χ4n) is 1.13. The highest BCUT2D eigenvalue weighted by Crippen LogP contribution is 2.25. The summed E-state index contributed by atoms with van der Waals surface area (Å²) in [6, 6.07) is 1.50. The molecule has 0 amide bonds. The van der Waals surface area contributed by atoms with Crippen LogP contribution >= 0.6 is 15.9 Å². The highest BCUT2D eigenvalue weighted by Gasteiger charge is 2.40. The van der Waals surface area contributed by atoms with E-state index in [0.717, 1.165) is 0 Å². The number of hydrogen-bond acceptors (Lipinski definition) is 4. The van der Waals surface area contributed by atoms with Crippen molar-refractivity contribution < 1.29 is 19.2 Å². The lowest BCUT2D eigenvalue weighted by molar-refractivity contribution is -0.0983. The lowest BCUT2D eigenvalue weighted by atomic mass is 9.77. The summed E-state index contributed by atoms with van der Waals surface area (Å²) in [5.74, 6) is -0.816. The number of hydrogen-bond donors (Lipinski definition) is 2. The molecular formula is C11H16BBrFNO3. The lowest BCUT2D eigenvalue weighted by Crippen LogP contribution is -2.53. The molecular weight excluding hydrogens is 304 g/mol. The lowest BCUT2D eigenvalue weighted by Gasteiger charge is -2.38. The van der Waals surface area contributed by atoms with Gasteiger partial charge in [0.1, 0.15) is 0 Å². The Morgan fingerprint density at radius 1 is 1.39 bits per heavy atom. The van der Waals surface area contributed by atoms with Gasteiger partial charge >= 0.3 is 7.12 Å². The molecule has 1 aromatic rings. The minimum atomic E-state index is -1.52. The summed E-state index contributed by atoms with van der Waals surface area (Å²) >= 11 is 3.12. The van der Waals surface area contributed by atoms with Gasteiger partial charge in [0.15, 0.2) is 0 Å². The highest BCUT2D eigenvalue weighted by atomic mass is 79.9. The van der Waals surface area contributed by atoms with E-state index >= 15 is 0 Å². The van der Waals surface area contributed by atoms with Gasteiger partial charge in [-0.1, -0.05) is 15.9 Å². The summed E-state index contributed by atoms with van der Waals surface area (Å²) in [5, 5.41) is 19.9. The van der Waals surface area contributed by atoms with Crippen LogP contribution in [0.25, 0.3) is 0 Å². The van der Waals surface area contributed by atoms with Gasteiger partial charge in [0, 0.05) is 10.7 Å². The Kier molecular flexibility index (Phi) is 4.53. The van der Waals surface area contributed by atoms with Gasteiger partial charge in [0.25, 0.3) is 0 Å². The van der Waals surface area contributed by atoms with Gasteiger partial charge in [-0.25, -0.2) is 4.98 Å². The van der Waals surface area contributed by atoms with E-state index in [2.05, 4.69) is 20.9 Å². The van der Waals surface area contributed by atoms with Crippen molar-refractivity contribution in [3.63, 3.8) is 0 Å². The molecule has 100 valence electrons. The molecule has 0 spiro atoms. The molecule has 4 nitrogen and oxygen atoms in total. The summed E-state index contributed by atoms with van der Waals surface area (Å²) < 4.78 is 19.2. The Balaban J connectivity index is 3.00. The van der Waals surface area contributed by atoms with Crippen molar-refractivity contribution in [2.24, 2.45) is 0 Å². The van der Waals surface area contributed by atoms with Crippen LogP contribution in [0.3, 0.4) is 0 Å². The zero-order chi connectivity index (χ0) is 14.1.